The standard InChI is InChI=1S/C13H20N2O2/c1-9(2)10(3)14-11(4)12-6-5-7-13(8-12)15(16)17/h5-11,14H,1-4H3. The van der Waals surface area contributed by atoms with E-state index in [1.807, 2.05) is 13.0 Å². The summed E-state index contributed by atoms with van der Waals surface area (Å²) in [6, 6.07) is 7.28. The van der Waals surface area contributed by atoms with E-state index in [1.165, 1.54) is 6.07 Å². The van der Waals surface area contributed by atoms with E-state index in [0.717, 1.165) is 5.56 Å². The van der Waals surface area contributed by atoms with Crippen molar-refractivity contribution in [1.82, 2.24) is 5.32 Å². The van der Waals surface area contributed by atoms with Crippen LogP contribution in [0.3, 0.4) is 0 Å². The first-order valence-corrected chi connectivity index (χ1v) is 5.92. The van der Waals surface area contributed by atoms with Crippen molar-refractivity contribution in [3.8, 4) is 0 Å². The summed E-state index contributed by atoms with van der Waals surface area (Å²) in [5.74, 6) is 0.538. The van der Waals surface area contributed by atoms with Crippen LogP contribution in [0.1, 0.15) is 39.3 Å². The Bertz CT molecular complexity index is 391. The second-order valence-corrected chi connectivity index (χ2v) is 4.77. The van der Waals surface area contributed by atoms with Gasteiger partial charge in [-0.2, -0.15) is 0 Å². The van der Waals surface area contributed by atoms with Gasteiger partial charge >= 0.3 is 0 Å². The molecule has 4 nitrogen and oxygen atoms in total. The molecule has 17 heavy (non-hydrogen) atoms. The molecule has 94 valence electrons. The second-order valence-electron chi connectivity index (χ2n) is 4.77. The molecule has 1 aromatic rings. The van der Waals surface area contributed by atoms with E-state index in [1.54, 1.807) is 12.1 Å². The quantitative estimate of drug-likeness (QED) is 0.630. The Morgan fingerprint density at radius 1 is 1.24 bits per heavy atom. The third-order valence-corrected chi connectivity index (χ3v) is 3.09. The number of nitro groups is 1. The highest BCUT2D eigenvalue weighted by molar-refractivity contribution is 5.35. The summed E-state index contributed by atoms with van der Waals surface area (Å²) in [4.78, 5) is 10.3. The minimum atomic E-state index is -0.359. The van der Waals surface area contributed by atoms with Crippen molar-refractivity contribution in [2.45, 2.75) is 39.8 Å². The summed E-state index contributed by atoms with van der Waals surface area (Å²) in [6.45, 7) is 8.45. The summed E-state index contributed by atoms with van der Waals surface area (Å²) in [7, 11) is 0. The Kier molecular flexibility index (Phi) is 4.63. The predicted molar refractivity (Wildman–Crippen MR) is 68.9 cm³/mol. The average molecular weight is 236 g/mol. The van der Waals surface area contributed by atoms with Crippen molar-refractivity contribution in [2.24, 2.45) is 5.92 Å². The van der Waals surface area contributed by atoms with E-state index < -0.39 is 0 Å². The predicted octanol–water partition coefficient (Wildman–Crippen LogP) is 3.29. The van der Waals surface area contributed by atoms with Gasteiger partial charge in [0.05, 0.1) is 4.92 Å². The highest BCUT2D eigenvalue weighted by Crippen LogP contribution is 2.20. The molecule has 0 aliphatic heterocycles. The zero-order valence-electron chi connectivity index (χ0n) is 10.8. The Hall–Kier alpha value is -1.42. The Morgan fingerprint density at radius 3 is 2.41 bits per heavy atom. The number of hydrogen-bond donors (Lipinski definition) is 1. The molecule has 0 heterocycles. The molecule has 0 amide bonds. The molecule has 1 N–H and O–H groups in total. The van der Waals surface area contributed by atoms with Crippen LogP contribution in [0, 0.1) is 16.0 Å². The number of nitrogens with one attached hydrogen (secondary N) is 1. The van der Waals surface area contributed by atoms with Gasteiger partial charge < -0.3 is 5.32 Å². The number of benzene rings is 1. The van der Waals surface area contributed by atoms with E-state index in [4.69, 9.17) is 0 Å². The molecule has 0 bridgehead atoms. The van der Waals surface area contributed by atoms with Gasteiger partial charge in [-0.1, -0.05) is 26.0 Å². The van der Waals surface area contributed by atoms with Crippen molar-refractivity contribution in [2.75, 3.05) is 0 Å². The van der Waals surface area contributed by atoms with Gasteiger partial charge in [-0.05, 0) is 25.3 Å². The molecule has 2 unspecified atom stereocenters. The average Bonchev–Trinajstić information content (AvgIpc) is 2.28. The van der Waals surface area contributed by atoms with E-state index in [2.05, 4.69) is 26.1 Å². The molecular formula is C13H20N2O2. The first-order chi connectivity index (χ1) is 7.91. The molecule has 0 saturated heterocycles. The maximum absolute atomic E-state index is 10.7. The van der Waals surface area contributed by atoms with Crippen LogP contribution in [-0.2, 0) is 0 Å². The molecule has 0 aliphatic carbocycles. The van der Waals surface area contributed by atoms with Crippen LogP contribution >= 0.6 is 0 Å². The third-order valence-electron chi connectivity index (χ3n) is 3.09. The molecule has 0 aromatic heterocycles. The van der Waals surface area contributed by atoms with E-state index in [0.29, 0.717) is 12.0 Å². The largest absolute Gasteiger partial charge is 0.307 e. The lowest BCUT2D eigenvalue weighted by Gasteiger charge is -2.23. The summed E-state index contributed by atoms with van der Waals surface area (Å²) in [5, 5.41) is 14.1. The number of rotatable bonds is 5. The summed E-state index contributed by atoms with van der Waals surface area (Å²) >= 11 is 0. The van der Waals surface area contributed by atoms with E-state index in [9.17, 15) is 10.1 Å². The fourth-order valence-electron chi connectivity index (χ4n) is 1.59. The first kappa shape index (κ1) is 13.6. The van der Waals surface area contributed by atoms with Crippen molar-refractivity contribution < 1.29 is 4.92 Å². The zero-order chi connectivity index (χ0) is 13.0. The van der Waals surface area contributed by atoms with Crippen LogP contribution in [-0.4, -0.2) is 11.0 Å². The first-order valence-electron chi connectivity index (χ1n) is 5.92. The smallest absolute Gasteiger partial charge is 0.269 e. The number of nitro benzene ring substituents is 1. The lowest BCUT2D eigenvalue weighted by Crippen LogP contribution is -2.32. The molecule has 1 aromatic carbocycles. The van der Waals surface area contributed by atoms with Crippen LogP contribution in [0.5, 0.6) is 0 Å². The van der Waals surface area contributed by atoms with Gasteiger partial charge in [-0.15, -0.1) is 0 Å². The lowest BCUT2D eigenvalue weighted by molar-refractivity contribution is -0.384. The number of nitrogens with zero attached hydrogens (tertiary/aromatic N) is 1. The van der Waals surface area contributed by atoms with Crippen molar-refractivity contribution >= 4 is 5.69 Å². The summed E-state index contributed by atoms with van der Waals surface area (Å²) < 4.78 is 0. The van der Waals surface area contributed by atoms with Crippen LogP contribution in [0.2, 0.25) is 0 Å². The number of hydrogen-bond acceptors (Lipinski definition) is 3. The monoisotopic (exact) mass is 236 g/mol. The molecule has 4 heteroatoms. The highest BCUT2D eigenvalue weighted by atomic mass is 16.6. The topological polar surface area (TPSA) is 55.2 Å². The zero-order valence-corrected chi connectivity index (χ0v) is 10.8. The molecule has 0 saturated carbocycles. The Balaban J connectivity index is 2.78. The van der Waals surface area contributed by atoms with Gasteiger partial charge in [-0.3, -0.25) is 10.1 Å². The minimum absolute atomic E-state index is 0.118. The normalized spacial score (nSPS) is 14.6. The SMILES string of the molecule is CC(NC(C)C(C)C)c1cccc([N+](=O)[O-])c1. The van der Waals surface area contributed by atoms with Gasteiger partial charge in [0.15, 0.2) is 0 Å². The van der Waals surface area contributed by atoms with Gasteiger partial charge in [0.2, 0.25) is 0 Å². The Morgan fingerprint density at radius 2 is 1.88 bits per heavy atom. The fourth-order valence-corrected chi connectivity index (χ4v) is 1.59. The van der Waals surface area contributed by atoms with Crippen LogP contribution < -0.4 is 5.32 Å². The van der Waals surface area contributed by atoms with E-state index in [-0.39, 0.29) is 16.7 Å². The van der Waals surface area contributed by atoms with Gasteiger partial charge in [0.1, 0.15) is 0 Å². The van der Waals surface area contributed by atoms with Gasteiger partial charge in [-0.25, -0.2) is 0 Å². The van der Waals surface area contributed by atoms with Crippen molar-refractivity contribution in [3.05, 3.63) is 39.9 Å². The number of non-ortho nitro benzene ring substituents is 1. The van der Waals surface area contributed by atoms with Gasteiger partial charge in [0, 0.05) is 24.2 Å². The summed E-state index contributed by atoms with van der Waals surface area (Å²) in [6.07, 6.45) is 0. The molecule has 0 fully saturated rings. The summed E-state index contributed by atoms with van der Waals surface area (Å²) in [5.41, 5.74) is 1.10. The Labute approximate surface area is 102 Å². The molecule has 0 radical (unpaired) electrons. The van der Waals surface area contributed by atoms with Gasteiger partial charge in [0.25, 0.3) is 5.69 Å². The lowest BCUT2D eigenvalue weighted by atomic mass is 10.0. The van der Waals surface area contributed by atoms with Crippen LogP contribution in [0.25, 0.3) is 0 Å². The van der Waals surface area contributed by atoms with E-state index >= 15 is 0 Å². The van der Waals surface area contributed by atoms with Crippen molar-refractivity contribution in [1.29, 1.82) is 0 Å². The van der Waals surface area contributed by atoms with Crippen LogP contribution in [0.15, 0.2) is 24.3 Å². The molecule has 1 rings (SSSR count). The fraction of sp³-hybridized carbons (Fsp3) is 0.538. The maximum atomic E-state index is 10.7. The molecule has 2 atom stereocenters. The third kappa shape index (κ3) is 3.82. The molecule has 0 spiro atoms. The van der Waals surface area contributed by atoms with Crippen LogP contribution in [0.4, 0.5) is 5.69 Å². The molecular weight excluding hydrogens is 216 g/mol. The molecule has 0 aliphatic rings. The second kappa shape index (κ2) is 5.77. The van der Waals surface area contributed by atoms with Crippen molar-refractivity contribution in [3.63, 3.8) is 0 Å². The minimum Gasteiger partial charge on any atom is -0.307 e. The highest BCUT2D eigenvalue weighted by Gasteiger charge is 2.14. The maximum Gasteiger partial charge on any atom is 0.269 e.